The van der Waals surface area contributed by atoms with Crippen LogP contribution in [0.4, 0.5) is 5.69 Å². The Morgan fingerprint density at radius 2 is 2.22 bits per heavy atom. The van der Waals surface area contributed by atoms with E-state index >= 15 is 0 Å². The molecule has 0 radical (unpaired) electrons. The number of methoxy groups -OCH3 is 1. The molecule has 0 saturated carbocycles. The van der Waals surface area contributed by atoms with Crippen molar-refractivity contribution in [3.8, 4) is 0 Å². The van der Waals surface area contributed by atoms with Crippen LogP contribution in [0.2, 0.25) is 0 Å². The molecule has 5 heteroatoms. The Labute approximate surface area is 134 Å². The zero-order valence-corrected chi connectivity index (χ0v) is 13.2. The van der Waals surface area contributed by atoms with E-state index in [1.165, 1.54) is 7.11 Å². The van der Waals surface area contributed by atoms with Gasteiger partial charge in [0.15, 0.2) is 0 Å². The fraction of sp³-hybridized carbons (Fsp3) is 0.444. The van der Waals surface area contributed by atoms with E-state index in [0.29, 0.717) is 6.54 Å². The molecule has 2 fully saturated rings. The van der Waals surface area contributed by atoms with Crippen molar-refractivity contribution in [2.75, 3.05) is 18.6 Å². The number of hydrogen-bond donors (Lipinski definition) is 0. The van der Waals surface area contributed by atoms with Crippen molar-refractivity contribution < 1.29 is 19.1 Å². The minimum atomic E-state index is -0.693. The Balaban J connectivity index is 1.75. The Kier molecular flexibility index (Phi) is 3.10. The van der Waals surface area contributed by atoms with Crippen LogP contribution in [0.1, 0.15) is 12.5 Å². The van der Waals surface area contributed by atoms with Gasteiger partial charge in [0.1, 0.15) is 11.5 Å². The lowest BCUT2D eigenvalue weighted by molar-refractivity contribution is -0.149. The monoisotopic (exact) mass is 313 g/mol. The minimum Gasteiger partial charge on any atom is -0.469 e. The number of carbonyl (C=O) groups is 2. The molecule has 2 saturated heterocycles. The topological polar surface area (TPSA) is 55.8 Å². The molecule has 1 aromatic carbocycles. The maximum atomic E-state index is 13.1. The van der Waals surface area contributed by atoms with Gasteiger partial charge in [-0.3, -0.25) is 9.59 Å². The lowest BCUT2D eigenvalue weighted by Gasteiger charge is -2.23. The molecule has 2 bridgehead atoms. The Morgan fingerprint density at radius 1 is 1.43 bits per heavy atom. The van der Waals surface area contributed by atoms with Gasteiger partial charge in [-0.05, 0) is 18.1 Å². The average Bonchev–Trinajstić information content (AvgIpc) is 3.22. The Bertz CT molecular complexity index is 713. The first-order valence-corrected chi connectivity index (χ1v) is 7.95. The van der Waals surface area contributed by atoms with Gasteiger partial charge in [-0.1, -0.05) is 37.3 Å². The SMILES string of the molecule is CCc1ccccc1N1C[C@]23C=C[C@H](O2)[C@@H](C(=O)OC)[C@@H]3C1=O. The highest BCUT2D eigenvalue weighted by atomic mass is 16.5. The Morgan fingerprint density at radius 3 is 2.96 bits per heavy atom. The van der Waals surface area contributed by atoms with E-state index in [-0.39, 0.29) is 18.0 Å². The van der Waals surface area contributed by atoms with Gasteiger partial charge in [0, 0.05) is 5.69 Å². The highest BCUT2D eigenvalue weighted by Crippen LogP contribution is 2.53. The lowest BCUT2D eigenvalue weighted by atomic mass is 9.77. The average molecular weight is 313 g/mol. The number of ether oxygens (including phenoxy) is 2. The highest BCUT2D eigenvalue weighted by molar-refractivity contribution is 6.03. The number of nitrogens with zero attached hydrogens (tertiary/aromatic N) is 1. The third-order valence-corrected chi connectivity index (χ3v) is 5.24. The van der Waals surface area contributed by atoms with Crippen molar-refractivity contribution in [3.63, 3.8) is 0 Å². The number of fused-ring (bicyclic) bond motifs is 1. The van der Waals surface area contributed by atoms with E-state index in [4.69, 9.17) is 9.47 Å². The van der Waals surface area contributed by atoms with Crippen LogP contribution in [0.25, 0.3) is 0 Å². The summed E-state index contributed by atoms with van der Waals surface area (Å²) in [7, 11) is 1.36. The van der Waals surface area contributed by atoms with Crippen molar-refractivity contribution in [1.82, 2.24) is 0 Å². The van der Waals surface area contributed by atoms with Gasteiger partial charge in [0.25, 0.3) is 0 Å². The van der Waals surface area contributed by atoms with Crippen LogP contribution in [-0.4, -0.2) is 37.2 Å². The Hall–Kier alpha value is -2.14. The first-order valence-electron chi connectivity index (χ1n) is 7.95. The first kappa shape index (κ1) is 14.5. The van der Waals surface area contributed by atoms with Gasteiger partial charge < -0.3 is 14.4 Å². The molecule has 4 atom stereocenters. The van der Waals surface area contributed by atoms with Crippen LogP contribution in [-0.2, 0) is 25.5 Å². The molecule has 0 unspecified atom stereocenters. The molecular formula is C18H19NO4. The van der Waals surface area contributed by atoms with E-state index in [1.54, 1.807) is 4.90 Å². The lowest BCUT2D eigenvalue weighted by Crippen LogP contribution is -2.39. The predicted octanol–water partition coefficient (Wildman–Crippen LogP) is 1.71. The molecule has 3 aliphatic rings. The van der Waals surface area contributed by atoms with Gasteiger partial charge in [0.05, 0.1) is 25.7 Å². The van der Waals surface area contributed by atoms with E-state index in [2.05, 4.69) is 6.92 Å². The molecule has 3 aliphatic heterocycles. The number of para-hydroxylation sites is 1. The second-order valence-electron chi connectivity index (χ2n) is 6.33. The number of hydrogen-bond acceptors (Lipinski definition) is 4. The van der Waals surface area contributed by atoms with Crippen LogP contribution in [0.5, 0.6) is 0 Å². The van der Waals surface area contributed by atoms with Crippen LogP contribution in [0.3, 0.4) is 0 Å². The fourth-order valence-corrected chi connectivity index (χ4v) is 4.18. The van der Waals surface area contributed by atoms with Gasteiger partial charge in [-0.2, -0.15) is 0 Å². The smallest absolute Gasteiger partial charge is 0.312 e. The third kappa shape index (κ3) is 1.83. The van der Waals surface area contributed by atoms with Crippen molar-refractivity contribution >= 4 is 17.6 Å². The molecule has 4 rings (SSSR count). The molecule has 120 valence electrons. The summed E-state index contributed by atoms with van der Waals surface area (Å²) in [5, 5.41) is 0. The summed E-state index contributed by atoms with van der Waals surface area (Å²) < 4.78 is 10.9. The predicted molar refractivity (Wildman–Crippen MR) is 83.9 cm³/mol. The summed E-state index contributed by atoms with van der Waals surface area (Å²) in [4.78, 5) is 27.0. The largest absolute Gasteiger partial charge is 0.469 e. The molecule has 0 aromatic heterocycles. The summed E-state index contributed by atoms with van der Waals surface area (Å²) >= 11 is 0. The second kappa shape index (κ2) is 4.93. The molecule has 0 aliphatic carbocycles. The molecule has 0 N–H and O–H groups in total. The van der Waals surface area contributed by atoms with E-state index in [1.807, 2.05) is 36.4 Å². The summed E-state index contributed by atoms with van der Waals surface area (Å²) in [5.74, 6) is -1.45. The van der Waals surface area contributed by atoms with Crippen molar-refractivity contribution in [1.29, 1.82) is 0 Å². The zero-order valence-electron chi connectivity index (χ0n) is 13.2. The normalized spacial score (nSPS) is 34.1. The molecule has 3 heterocycles. The fourth-order valence-electron chi connectivity index (χ4n) is 4.18. The standard InChI is InChI=1S/C18H19NO4/c1-3-11-6-4-5-7-12(11)19-10-18-9-8-13(23-18)14(17(21)22-2)15(18)16(19)20/h4-9,13-15H,3,10H2,1-2H3/t13-,14+,15+,18-/m0/s1. The number of amides is 1. The van der Waals surface area contributed by atoms with Crippen molar-refractivity contribution in [3.05, 3.63) is 42.0 Å². The van der Waals surface area contributed by atoms with E-state index in [9.17, 15) is 9.59 Å². The summed E-state index contributed by atoms with van der Waals surface area (Å²) in [6.45, 7) is 2.52. The summed E-state index contributed by atoms with van der Waals surface area (Å²) in [6.07, 6.45) is 4.34. The molecule has 5 nitrogen and oxygen atoms in total. The van der Waals surface area contributed by atoms with Crippen LogP contribution in [0, 0.1) is 11.8 Å². The zero-order chi connectivity index (χ0) is 16.2. The molecular weight excluding hydrogens is 294 g/mol. The molecule has 1 spiro atoms. The number of anilines is 1. The molecule has 23 heavy (non-hydrogen) atoms. The highest BCUT2D eigenvalue weighted by Gasteiger charge is 2.67. The van der Waals surface area contributed by atoms with E-state index in [0.717, 1.165) is 17.7 Å². The van der Waals surface area contributed by atoms with Crippen LogP contribution >= 0.6 is 0 Å². The first-order chi connectivity index (χ1) is 11.1. The number of aryl methyl sites for hydroxylation is 1. The third-order valence-electron chi connectivity index (χ3n) is 5.24. The van der Waals surface area contributed by atoms with E-state index < -0.39 is 17.4 Å². The summed E-state index contributed by atoms with van der Waals surface area (Å²) in [5.41, 5.74) is 1.33. The van der Waals surface area contributed by atoms with Gasteiger partial charge in [-0.25, -0.2) is 0 Å². The van der Waals surface area contributed by atoms with Gasteiger partial charge in [-0.15, -0.1) is 0 Å². The summed E-state index contributed by atoms with van der Waals surface area (Å²) in [6, 6.07) is 7.89. The number of rotatable bonds is 3. The van der Waals surface area contributed by atoms with Crippen molar-refractivity contribution in [2.24, 2.45) is 11.8 Å². The second-order valence-corrected chi connectivity index (χ2v) is 6.33. The number of esters is 1. The maximum absolute atomic E-state index is 13.1. The quantitative estimate of drug-likeness (QED) is 0.630. The molecule has 1 aromatic rings. The molecule has 1 amide bonds. The number of carbonyl (C=O) groups excluding carboxylic acids is 2. The van der Waals surface area contributed by atoms with Crippen LogP contribution < -0.4 is 4.90 Å². The van der Waals surface area contributed by atoms with Crippen molar-refractivity contribution in [2.45, 2.75) is 25.0 Å². The van der Waals surface area contributed by atoms with Gasteiger partial charge in [0.2, 0.25) is 5.91 Å². The number of benzene rings is 1. The van der Waals surface area contributed by atoms with Crippen LogP contribution in [0.15, 0.2) is 36.4 Å². The maximum Gasteiger partial charge on any atom is 0.312 e. The minimum absolute atomic E-state index is 0.0480. The van der Waals surface area contributed by atoms with Gasteiger partial charge >= 0.3 is 5.97 Å².